The molecule has 4 heteroatoms. The van der Waals surface area contributed by atoms with Crippen LogP contribution in [0.5, 0.6) is 5.75 Å². The van der Waals surface area contributed by atoms with Crippen LogP contribution in [0.3, 0.4) is 0 Å². The van der Waals surface area contributed by atoms with Crippen LogP contribution in [-0.2, 0) is 4.74 Å². The van der Waals surface area contributed by atoms with E-state index in [1.165, 1.54) is 5.56 Å². The summed E-state index contributed by atoms with van der Waals surface area (Å²) in [6.45, 7) is 8.19. The van der Waals surface area contributed by atoms with E-state index >= 15 is 0 Å². The summed E-state index contributed by atoms with van der Waals surface area (Å²) in [6.07, 6.45) is 0. The lowest BCUT2D eigenvalue weighted by Gasteiger charge is -2.37. The van der Waals surface area contributed by atoms with Gasteiger partial charge in [0.15, 0.2) is 0 Å². The molecule has 0 saturated carbocycles. The van der Waals surface area contributed by atoms with Gasteiger partial charge in [0.25, 0.3) is 0 Å². The van der Waals surface area contributed by atoms with E-state index < -0.39 is 0 Å². The van der Waals surface area contributed by atoms with Crippen molar-refractivity contribution >= 4 is 0 Å². The first-order chi connectivity index (χ1) is 9.22. The zero-order valence-electron chi connectivity index (χ0n) is 11.8. The molecule has 2 N–H and O–H groups in total. The first-order valence-electron chi connectivity index (χ1n) is 7.02. The van der Waals surface area contributed by atoms with Crippen molar-refractivity contribution in [3.8, 4) is 5.75 Å². The molecule has 1 aromatic carbocycles. The molecule has 2 unspecified atom stereocenters. The first kappa shape index (κ1) is 14.3. The molecule has 1 fully saturated rings. The smallest absolute Gasteiger partial charge is 0.119 e. The van der Waals surface area contributed by atoms with Crippen molar-refractivity contribution in [3.63, 3.8) is 0 Å². The molecule has 0 radical (unpaired) electrons. The molecule has 0 bridgehead atoms. The monoisotopic (exact) mass is 264 g/mol. The van der Waals surface area contributed by atoms with Gasteiger partial charge in [-0.05, 0) is 31.5 Å². The molecule has 0 aliphatic carbocycles. The molecule has 2 rings (SSSR count). The molecular weight excluding hydrogens is 240 g/mol. The fraction of sp³-hybridized carbons (Fsp3) is 0.600. The number of ether oxygens (including phenoxy) is 2. The van der Waals surface area contributed by atoms with E-state index in [9.17, 15) is 0 Å². The third-order valence-electron chi connectivity index (χ3n) is 3.45. The number of hydrogen-bond acceptors (Lipinski definition) is 4. The number of benzene rings is 1. The molecular formula is C15H24N2O2. The Morgan fingerprint density at radius 1 is 1.37 bits per heavy atom. The summed E-state index contributed by atoms with van der Waals surface area (Å²) in [5.74, 6) is 0.916. The van der Waals surface area contributed by atoms with Crippen LogP contribution in [0.1, 0.15) is 25.5 Å². The SMILES string of the molecule is CCOc1cccc(C(C(C)N)N2CCOCC2)c1. The molecule has 0 spiro atoms. The van der Waals surface area contributed by atoms with Gasteiger partial charge in [-0.3, -0.25) is 4.90 Å². The summed E-state index contributed by atoms with van der Waals surface area (Å²) in [5, 5.41) is 0. The van der Waals surface area contributed by atoms with E-state index in [4.69, 9.17) is 15.2 Å². The maximum Gasteiger partial charge on any atom is 0.119 e. The summed E-state index contributed by atoms with van der Waals surface area (Å²) in [7, 11) is 0. The third-order valence-corrected chi connectivity index (χ3v) is 3.45. The van der Waals surface area contributed by atoms with Crippen LogP contribution < -0.4 is 10.5 Å². The second-order valence-corrected chi connectivity index (χ2v) is 4.96. The highest BCUT2D eigenvalue weighted by molar-refractivity contribution is 5.31. The molecule has 1 aliphatic heterocycles. The van der Waals surface area contributed by atoms with Crippen LogP contribution in [0, 0.1) is 0 Å². The fourth-order valence-electron chi connectivity index (χ4n) is 2.66. The highest BCUT2D eigenvalue weighted by Gasteiger charge is 2.25. The minimum Gasteiger partial charge on any atom is -0.494 e. The predicted molar refractivity (Wildman–Crippen MR) is 76.4 cm³/mol. The molecule has 4 nitrogen and oxygen atoms in total. The van der Waals surface area contributed by atoms with Crippen LogP contribution in [0.4, 0.5) is 0 Å². The maximum absolute atomic E-state index is 6.20. The van der Waals surface area contributed by atoms with Crippen molar-refractivity contribution in [2.75, 3.05) is 32.9 Å². The van der Waals surface area contributed by atoms with Gasteiger partial charge in [-0.25, -0.2) is 0 Å². The number of hydrogen-bond donors (Lipinski definition) is 1. The average Bonchev–Trinajstić information content (AvgIpc) is 2.40. The molecule has 0 aromatic heterocycles. The summed E-state index contributed by atoms with van der Waals surface area (Å²) in [6, 6.07) is 8.57. The van der Waals surface area contributed by atoms with Gasteiger partial charge >= 0.3 is 0 Å². The Balaban J connectivity index is 2.20. The Morgan fingerprint density at radius 3 is 2.74 bits per heavy atom. The van der Waals surface area contributed by atoms with Crippen molar-refractivity contribution in [2.24, 2.45) is 5.73 Å². The minimum absolute atomic E-state index is 0.0787. The zero-order chi connectivity index (χ0) is 13.7. The number of nitrogens with zero attached hydrogens (tertiary/aromatic N) is 1. The number of rotatable bonds is 5. The van der Waals surface area contributed by atoms with Gasteiger partial charge in [-0.2, -0.15) is 0 Å². The molecule has 19 heavy (non-hydrogen) atoms. The Morgan fingerprint density at radius 2 is 2.11 bits per heavy atom. The van der Waals surface area contributed by atoms with Crippen molar-refractivity contribution in [1.29, 1.82) is 0 Å². The predicted octanol–water partition coefficient (Wildman–Crippen LogP) is 1.81. The maximum atomic E-state index is 6.20. The Kier molecular flexibility index (Phi) is 5.19. The Bertz CT molecular complexity index is 389. The van der Waals surface area contributed by atoms with Gasteiger partial charge in [0.1, 0.15) is 5.75 Å². The lowest BCUT2D eigenvalue weighted by atomic mass is 9.98. The Labute approximate surface area is 115 Å². The molecule has 1 saturated heterocycles. The largest absolute Gasteiger partial charge is 0.494 e. The van der Waals surface area contributed by atoms with E-state index in [2.05, 4.69) is 24.0 Å². The van der Waals surface area contributed by atoms with E-state index in [1.807, 2.05) is 19.1 Å². The fourth-order valence-corrected chi connectivity index (χ4v) is 2.66. The summed E-state index contributed by atoms with van der Waals surface area (Å²) >= 11 is 0. The molecule has 1 aliphatic rings. The molecule has 2 atom stereocenters. The molecule has 0 amide bonds. The second-order valence-electron chi connectivity index (χ2n) is 4.96. The topological polar surface area (TPSA) is 47.7 Å². The minimum atomic E-state index is 0.0787. The number of morpholine rings is 1. The van der Waals surface area contributed by atoms with Gasteiger partial charge < -0.3 is 15.2 Å². The van der Waals surface area contributed by atoms with Crippen LogP contribution in [0.2, 0.25) is 0 Å². The molecule has 1 heterocycles. The van der Waals surface area contributed by atoms with Gasteiger partial charge in [0.05, 0.1) is 19.8 Å². The van der Waals surface area contributed by atoms with E-state index in [1.54, 1.807) is 0 Å². The quantitative estimate of drug-likeness (QED) is 0.881. The zero-order valence-corrected chi connectivity index (χ0v) is 11.8. The Hall–Kier alpha value is -1.10. The van der Waals surface area contributed by atoms with E-state index in [0.717, 1.165) is 32.1 Å². The third kappa shape index (κ3) is 3.69. The van der Waals surface area contributed by atoms with Crippen molar-refractivity contribution < 1.29 is 9.47 Å². The first-order valence-corrected chi connectivity index (χ1v) is 7.02. The summed E-state index contributed by atoms with van der Waals surface area (Å²) in [5.41, 5.74) is 7.43. The second kappa shape index (κ2) is 6.89. The van der Waals surface area contributed by atoms with Gasteiger partial charge in [0.2, 0.25) is 0 Å². The van der Waals surface area contributed by atoms with Crippen molar-refractivity contribution in [2.45, 2.75) is 25.9 Å². The summed E-state index contributed by atoms with van der Waals surface area (Å²) in [4.78, 5) is 2.40. The van der Waals surface area contributed by atoms with Gasteiger partial charge in [-0.1, -0.05) is 12.1 Å². The van der Waals surface area contributed by atoms with Crippen molar-refractivity contribution in [3.05, 3.63) is 29.8 Å². The highest BCUT2D eigenvalue weighted by Crippen LogP contribution is 2.27. The van der Waals surface area contributed by atoms with Crippen LogP contribution in [0.25, 0.3) is 0 Å². The molecule has 106 valence electrons. The van der Waals surface area contributed by atoms with Crippen LogP contribution in [-0.4, -0.2) is 43.9 Å². The summed E-state index contributed by atoms with van der Waals surface area (Å²) < 4.78 is 11.0. The van der Waals surface area contributed by atoms with Crippen LogP contribution >= 0.6 is 0 Å². The molecule has 1 aromatic rings. The lowest BCUT2D eigenvalue weighted by molar-refractivity contribution is 0.0116. The van der Waals surface area contributed by atoms with Crippen LogP contribution in [0.15, 0.2) is 24.3 Å². The van der Waals surface area contributed by atoms with Crippen molar-refractivity contribution in [1.82, 2.24) is 4.90 Å². The average molecular weight is 264 g/mol. The normalized spacial score (nSPS) is 19.9. The highest BCUT2D eigenvalue weighted by atomic mass is 16.5. The van der Waals surface area contributed by atoms with E-state index in [0.29, 0.717) is 6.61 Å². The lowest BCUT2D eigenvalue weighted by Crippen LogP contribution is -2.45. The van der Waals surface area contributed by atoms with Gasteiger partial charge in [0, 0.05) is 25.2 Å². The number of nitrogens with two attached hydrogens (primary N) is 1. The van der Waals surface area contributed by atoms with E-state index in [-0.39, 0.29) is 12.1 Å². The standard InChI is InChI=1S/C15H24N2O2/c1-3-19-14-6-4-5-13(11-14)15(12(2)16)17-7-9-18-10-8-17/h4-6,11-12,15H,3,7-10,16H2,1-2H3. The van der Waals surface area contributed by atoms with Gasteiger partial charge in [-0.15, -0.1) is 0 Å².